The van der Waals surface area contributed by atoms with Gasteiger partial charge < -0.3 is 20.9 Å². The number of hydrogen-bond donors (Lipinski definition) is 3. The lowest BCUT2D eigenvalue weighted by molar-refractivity contribution is -0.176. The molecule has 3 rings (SSSR count). The Labute approximate surface area is 238 Å². The number of carbonyl (C=O) groups is 4. The van der Waals surface area contributed by atoms with E-state index in [2.05, 4.69) is 10.6 Å². The van der Waals surface area contributed by atoms with Crippen LogP contribution < -0.4 is 16.0 Å². The van der Waals surface area contributed by atoms with E-state index in [9.17, 15) is 53.9 Å². The zero-order chi connectivity index (χ0) is 32.0. The maximum Gasteiger partial charge on any atom is 0.471 e. The molecule has 2 aliphatic heterocycles. The molecule has 0 aromatic heterocycles. The van der Waals surface area contributed by atoms with Gasteiger partial charge in [-0.2, -0.15) is 17.6 Å². The van der Waals surface area contributed by atoms with Gasteiger partial charge in [-0.25, -0.2) is 17.2 Å². The fraction of sp³-hybridized carbons (Fsp3) is 0.760. The van der Waals surface area contributed by atoms with E-state index < -0.39 is 111 Å². The standard InChI is InChI=1S/C25H34F6N4O6S/c1-23(2,3)18(34-22(39)25(29,30)31)21(38)35-11-13-9-24(27,28)10-15(13)17(35)20(37)33-14(8-16(26)42(4,40)41)7-12-5-6-32-19(12)36/h8,12-15,17-18H,5-7,9-11H2,1-4H3,(H,32,36)(H,33,37)(H,34,39)/b16-8-/t12-,13-,14-,15-,17-,18+/m0/s1. The third kappa shape index (κ3) is 7.75. The summed E-state index contributed by atoms with van der Waals surface area (Å²) in [6, 6.07) is -4.87. The fourth-order valence-corrected chi connectivity index (χ4v) is 6.19. The van der Waals surface area contributed by atoms with Crippen molar-refractivity contribution in [1.29, 1.82) is 0 Å². The number of nitrogens with one attached hydrogen (secondary N) is 3. The molecule has 1 saturated carbocycles. The number of hydrogen-bond acceptors (Lipinski definition) is 6. The van der Waals surface area contributed by atoms with E-state index in [-0.39, 0.29) is 19.4 Å². The first-order chi connectivity index (χ1) is 19.0. The van der Waals surface area contributed by atoms with Crippen molar-refractivity contribution >= 4 is 33.5 Å². The van der Waals surface area contributed by atoms with E-state index >= 15 is 0 Å². The van der Waals surface area contributed by atoms with E-state index in [0.717, 1.165) is 4.90 Å². The minimum Gasteiger partial charge on any atom is -0.356 e. The highest BCUT2D eigenvalue weighted by atomic mass is 32.2. The topological polar surface area (TPSA) is 142 Å². The highest BCUT2D eigenvalue weighted by molar-refractivity contribution is 7.94. The van der Waals surface area contributed by atoms with E-state index in [1.807, 2.05) is 0 Å². The zero-order valence-corrected chi connectivity index (χ0v) is 24.2. The maximum atomic E-state index is 14.5. The molecule has 2 heterocycles. The molecule has 2 saturated heterocycles. The third-order valence-corrected chi connectivity index (χ3v) is 8.63. The molecule has 0 unspecified atom stereocenters. The first kappa shape index (κ1) is 33.6. The lowest BCUT2D eigenvalue weighted by Gasteiger charge is -2.37. The molecule has 0 bridgehead atoms. The molecule has 42 heavy (non-hydrogen) atoms. The summed E-state index contributed by atoms with van der Waals surface area (Å²) in [5, 5.41) is 4.95. The number of carbonyl (C=O) groups excluding carboxylic acids is 4. The van der Waals surface area contributed by atoms with Crippen LogP contribution in [0.25, 0.3) is 0 Å². The molecule has 17 heteroatoms. The lowest BCUT2D eigenvalue weighted by Crippen LogP contribution is -2.60. The van der Waals surface area contributed by atoms with Gasteiger partial charge in [0.2, 0.25) is 38.6 Å². The molecule has 3 N–H and O–H groups in total. The predicted octanol–water partition coefficient (Wildman–Crippen LogP) is 1.82. The van der Waals surface area contributed by atoms with Gasteiger partial charge in [0.05, 0.1) is 6.04 Å². The monoisotopic (exact) mass is 632 g/mol. The summed E-state index contributed by atoms with van der Waals surface area (Å²) in [5.74, 6) is -11.0. The van der Waals surface area contributed by atoms with Gasteiger partial charge in [-0.1, -0.05) is 20.8 Å². The number of nitrogens with zero attached hydrogens (tertiary/aromatic N) is 1. The van der Waals surface area contributed by atoms with Crippen LogP contribution in [-0.4, -0.2) is 86.5 Å². The summed E-state index contributed by atoms with van der Waals surface area (Å²) in [6.45, 7) is 3.97. The first-order valence-electron chi connectivity index (χ1n) is 13.2. The second-order valence-electron chi connectivity index (χ2n) is 12.3. The number of likely N-dealkylation sites (tertiary alicyclic amines) is 1. The molecule has 6 atom stereocenters. The summed E-state index contributed by atoms with van der Waals surface area (Å²) >= 11 is 0. The van der Waals surface area contributed by atoms with Gasteiger partial charge in [-0.05, 0) is 36.2 Å². The van der Waals surface area contributed by atoms with Crippen LogP contribution >= 0.6 is 0 Å². The van der Waals surface area contributed by atoms with Crippen molar-refractivity contribution in [3.8, 4) is 0 Å². The van der Waals surface area contributed by atoms with Gasteiger partial charge in [0.1, 0.15) is 12.1 Å². The van der Waals surface area contributed by atoms with Gasteiger partial charge in [0.25, 0.3) is 0 Å². The van der Waals surface area contributed by atoms with Crippen LogP contribution in [0.15, 0.2) is 11.2 Å². The molecule has 0 radical (unpaired) electrons. The molecular weight excluding hydrogens is 598 g/mol. The average Bonchev–Trinajstić information content (AvgIpc) is 3.45. The smallest absolute Gasteiger partial charge is 0.356 e. The van der Waals surface area contributed by atoms with E-state index in [4.69, 9.17) is 0 Å². The Bertz CT molecular complexity index is 1250. The summed E-state index contributed by atoms with van der Waals surface area (Å²) in [4.78, 5) is 52.0. The molecule has 1 aliphatic carbocycles. The Morgan fingerprint density at radius 3 is 2.26 bits per heavy atom. The predicted molar refractivity (Wildman–Crippen MR) is 136 cm³/mol. The largest absolute Gasteiger partial charge is 0.471 e. The van der Waals surface area contributed by atoms with Crippen molar-refractivity contribution in [2.45, 2.75) is 76.7 Å². The van der Waals surface area contributed by atoms with Gasteiger partial charge >= 0.3 is 12.1 Å². The summed E-state index contributed by atoms with van der Waals surface area (Å²) in [5.41, 5.74) is -1.31. The average molecular weight is 633 g/mol. The van der Waals surface area contributed by atoms with E-state index in [0.29, 0.717) is 12.3 Å². The number of fused-ring (bicyclic) bond motifs is 1. The molecule has 3 aliphatic rings. The number of alkyl halides is 5. The van der Waals surface area contributed by atoms with Crippen LogP contribution in [0, 0.1) is 23.2 Å². The molecule has 10 nitrogen and oxygen atoms in total. The van der Waals surface area contributed by atoms with E-state index in [1.165, 1.54) is 20.8 Å². The highest BCUT2D eigenvalue weighted by Crippen LogP contribution is 2.50. The fourth-order valence-electron chi connectivity index (χ4n) is 5.78. The van der Waals surface area contributed by atoms with Crippen LogP contribution in [0.4, 0.5) is 26.3 Å². The summed E-state index contributed by atoms with van der Waals surface area (Å²) in [7, 11) is -4.36. The number of amides is 4. The number of sulfone groups is 1. The molecule has 4 amide bonds. The molecule has 0 spiro atoms. The quantitative estimate of drug-likeness (QED) is 0.349. The highest BCUT2D eigenvalue weighted by Gasteiger charge is 2.59. The normalized spacial score (nSPS) is 27.7. The van der Waals surface area contributed by atoms with Crippen LogP contribution in [0.5, 0.6) is 0 Å². The van der Waals surface area contributed by atoms with Gasteiger partial charge in [0.15, 0.2) is 0 Å². The Hall–Kier alpha value is -2.85. The minimum atomic E-state index is -5.33. The van der Waals surface area contributed by atoms with Crippen molar-refractivity contribution in [1.82, 2.24) is 20.9 Å². The second kappa shape index (κ2) is 11.7. The van der Waals surface area contributed by atoms with Crippen molar-refractivity contribution in [2.24, 2.45) is 23.2 Å². The molecule has 238 valence electrons. The first-order valence-corrected chi connectivity index (χ1v) is 15.1. The Balaban J connectivity index is 1.97. The minimum absolute atomic E-state index is 0.252. The molecule has 3 fully saturated rings. The van der Waals surface area contributed by atoms with Crippen LogP contribution in [0.1, 0.15) is 46.5 Å². The summed E-state index contributed by atoms with van der Waals surface area (Å²) in [6.07, 6.45) is -5.67. The molecule has 0 aromatic rings. The Morgan fingerprint density at radius 2 is 1.76 bits per heavy atom. The third-order valence-electron chi connectivity index (χ3n) is 7.79. The number of halogens is 6. The Morgan fingerprint density at radius 1 is 1.14 bits per heavy atom. The summed E-state index contributed by atoms with van der Waals surface area (Å²) < 4.78 is 106. The molecular formula is C25H34F6N4O6S. The van der Waals surface area contributed by atoms with Crippen molar-refractivity contribution < 1.29 is 53.9 Å². The van der Waals surface area contributed by atoms with Crippen molar-refractivity contribution in [3.05, 3.63) is 11.2 Å². The van der Waals surface area contributed by atoms with Crippen LogP contribution in [-0.2, 0) is 29.0 Å². The Kier molecular flexibility index (Phi) is 9.36. The van der Waals surface area contributed by atoms with Crippen LogP contribution in [0.3, 0.4) is 0 Å². The molecule has 0 aromatic carbocycles. The van der Waals surface area contributed by atoms with Gasteiger partial charge in [-0.15, -0.1) is 0 Å². The van der Waals surface area contributed by atoms with Gasteiger partial charge in [-0.3, -0.25) is 19.2 Å². The lowest BCUT2D eigenvalue weighted by atomic mass is 9.85. The number of rotatable bonds is 8. The van der Waals surface area contributed by atoms with Crippen LogP contribution in [0.2, 0.25) is 0 Å². The van der Waals surface area contributed by atoms with E-state index in [1.54, 1.807) is 5.32 Å². The maximum absolute atomic E-state index is 14.5. The van der Waals surface area contributed by atoms with Crippen molar-refractivity contribution in [2.75, 3.05) is 19.3 Å². The van der Waals surface area contributed by atoms with Crippen molar-refractivity contribution in [3.63, 3.8) is 0 Å². The SMILES string of the molecule is CC(C)(C)[C@H](NC(=O)C(F)(F)F)C(=O)N1C[C@@H]2CC(F)(F)C[C@@H]2[C@H]1C(=O)N[C@H](/C=C(/F)S(C)(=O)=O)C[C@@H]1CCNC1=O. The second-order valence-corrected chi connectivity index (χ2v) is 14.2. The zero-order valence-electron chi connectivity index (χ0n) is 23.4. The van der Waals surface area contributed by atoms with Gasteiger partial charge in [0, 0.05) is 38.1 Å².